The van der Waals surface area contributed by atoms with Gasteiger partial charge in [0.1, 0.15) is 0 Å². The molecule has 1 fully saturated rings. The number of nitrogens with zero attached hydrogens (tertiary/aromatic N) is 2. The van der Waals surface area contributed by atoms with Gasteiger partial charge >= 0.3 is 0 Å². The Balaban J connectivity index is 1.32. The average Bonchev–Trinajstić information content (AvgIpc) is 3.30. The molecule has 4 nitrogen and oxygen atoms in total. The van der Waals surface area contributed by atoms with Crippen LogP contribution < -0.4 is 5.32 Å². The number of hydrogen-bond acceptors (Lipinski definition) is 2. The quantitative estimate of drug-likeness (QED) is 0.753. The van der Waals surface area contributed by atoms with Gasteiger partial charge in [-0.2, -0.15) is 0 Å². The second-order valence-corrected chi connectivity index (χ2v) is 6.63. The molecule has 1 aliphatic rings. The molecule has 4 heteroatoms. The van der Waals surface area contributed by atoms with Crippen LogP contribution in [0.15, 0.2) is 73.3 Å². The van der Waals surface area contributed by atoms with E-state index in [0.717, 1.165) is 18.5 Å². The van der Waals surface area contributed by atoms with Crippen molar-refractivity contribution >= 4 is 5.91 Å². The highest BCUT2D eigenvalue weighted by Crippen LogP contribution is 2.47. The lowest BCUT2D eigenvalue weighted by atomic mass is 10.1. The third kappa shape index (κ3) is 3.79. The zero-order valence-corrected chi connectivity index (χ0v) is 14.0. The van der Waals surface area contributed by atoms with Crippen LogP contribution in [0, 0.1) is 5.92 Å². The largest absolute Gasteiger partial charge is 0.352 e. The first-order valence-corrected chi connectivity index (χ1v) is 8.66. The van der Waals surface area contributed by atoms with E-state index in [1.165, 1.54) is 11.1 Å². The SMILES string of the molecule is O=C(NCc1cccc(Cn2ccnc2)c1)[C@@H]1C[C@@H]1c1ccccc1. The van der Waals surface area contributed by atoms with Gasteiger partial charge in [0.15, 0.2) is 0 Å². The molecule has 0 bridgehead atoms. The zero-order valence-electron chi connectivity index (χ0n) is 14.0. The van der Waals surface area contributed by atoms with Crippen LogP contribution in [-0.4, -0.2) is 15.5 Å². The molecule has 0 saturated heterocycles. The molecular weight excluding hydrogens is 310 g/mol. The third-order valence-corrected chi connectivity index (χ3v) is 4.74. The number of rotatable bonds is 6. The van der Waals surface area contributed by atoms with E-state index in [0.29, 0.717) is 12.5 Å². The number of nitrogens with one attached hydrogen (secondary N) is 1. The van der Waals surface area contributed by atoms with Gasteiger partial charge in [0.05, 0.1) is 6.33 Å². The lowest BCUT2D eigenvalue weighted by Gasteiger charge is -2.08. The Morgan fingerprint density at radius 2 is 1.96 bits per heavy atom. The van der Waals surface area contributed by atoms with Crippen LogP contribution in [0.3, 0.4) is 0 Å². The smallest absolute Gasteiger partial charge is 0.224 e. The molecule has 25 heavy (non-hydrogen) atoms. The molecule has 0 spiro atoms. The summed E-state index contributed by atoms with van der Waals surface area (Å²) in [5.41, 5.74) is 3.60. The molecule has 1 saturated carbocycles. The maximum atomic E-state index is 12.4. The van der Waals surface area contributed by atoms with E-state index in [-0.39, 0.29) is 11.8 Å². The monoisotopic (exact) mass is 331 g/mol. The maximum Gasteiger partial charge on any atom is 0.224 e. The molecule has 3 aromatic rings. The van der Waals surface area contributed by atoms with Crippen LogP contribution in [-0.2, 0) is 17.9 Å². The number of hydrogen-bond donors (Lipinski definition) is 1. The van der Waals surface area contributed by atoms with Crippen molar-refractivity contribution in [2.24, 2.45) is 5.92 Å². The third-order valence-electron chi connectivity index (χ3n) is 4.74. The Labute approximate surface area is 147 Å². The molecule has 4 rings (SSSR count). The van der Waals surface area contributed by atoms with E-state index in [2.05, 4.69) is 40.6 Å². The van der Waals surface area contributed by atoms with Crippen molar-refractivity contribution in [1.29, 1.82) is 0 Å². The van der Waals surface area contributed by atoms with Gasteiger partial charge in [0.2, 0.25) is 5.91 Å². The fourth-order valence-corrected chi connectivity index (χ4v) is 3.30. The molecule has 126 valence electrons. The zero-order chi connectivity index (χ0) is 17.1. The fraction of sp³-hybridized carbons (Fsp3) is 0.238. The van der Waals surface area contributed by atoms with Gasteiger partial charge in [-0.05, 0) is 29.0 Å². The van der Waals surface area contributed by atoms with Crippen molar-refractivity contribution in [2.75, 3.05) is 0 Å². The highest BCUT2D eigenvalue weighted by atomic mass is 16.2. The summed E-state index contributed by atoms with van der Waals surface area (Å²) in [4.78, 5) is 16.4. The molecule has 1 aliphatic carbocycles. The number of carbonyl (C=O) groups is 1. The summed E-state index contributed by atoms with van der Waals surface area (Å²) < 4.78 is 2.03. The predicted octanol–water partition coefficient (Wildman–Crippen LogP) is 3.35. The number of amides is 1. The number of aromatic nitrogens is 2. The average molecular weight is 331 g/mol. The highest BCUT2D eigenvalue weighted by Gasteiger charge is 2.43. The summed E-state index contributed by atoms with van der Waals surface area (Å²) in [6.07, 6.45) is 6.50. The second-order valence-electron chi connectivity index (χ2n) is 6.63. The van der Waals surface area contributed by atoms with Gasteiger partial charge in [-0.1, -0.05) is 54.6 Å². The van der Waals surface area contributed by atoms with Crippen LogP contribution >= 0.6 is 0 Å². The van der Waals surface area contributed by atoms with Gasteiger partial charge in [-0.3, -0.25) is 4.79 Å². The summed E-state index contributed by atoms with van der Waals surface area (Å²) in [5.74, 6) is 0.666. The standard InChI is InChI=1S/C21H21N3O/c25-21(20-12-19(20)18-7-2-1-3-8-18)23-13-16-5-4-6-17(11-16)14-24-10-9-22-15-24/h1-11,15,19-20H,12-14H2,(H,23,25)/t19-,20-/m1/s1. The van der Waals surface area contributed by atoms with E-state index in [9.17, 15) is 4.79 Å². The van der Waals surface area contributed by atoms with Crippen molar-refractivity contribution in [2.45, 2.75) is 25.4 Å². The van der Waals surface area contributed by atoms with Crippen LogP contribution in [0.1, 0.15) is 29.0 Å². The van der Waals surface area contributed by atoms with Crippen molar-refractivity contribution in [3.05, 3.63) is 90.0 Å². The first kappa shape index (κ1) is 15.6. The minimum absolute atomic E-state index is 0.122. The first-order valence-electron chi connectivity index (χ1n) is 8.66. The molecule has 2 aromatic carbocycles. The van der Waals surface area contributed by atoms with Crippen LogP contribution in [0.4, 0.5) is 0 Å². The summed E-state index contributed by atoms with van der Waals surface area (Å²) in [6.45, 7) is 1.37. The maximum absolute atomic E-state index is 12.4. The van der Waals surface area contributed by atoms with Crippen LogP contribution in [0.5, 0.6) is 0 Å². The number of carbonyl (C=O) groups excluding carboxylic acids is 1. The van der Waals surface area contributed by atoms with Gasteiger partial charge < -0.3 is 9.88 Å². The molecule has 1 amide bonds. The summed E-state index contributed by atoms with van der Waals surface area (Å²) in [7, 11) is 0. The Hall–Kier alpha value is -2.88. The van der Waals surface area contributed by atoms with Gasteiger partial charge in [0.25, 0.3) is 0 Å². The molecule has 1 heterocycles. The summed E-state index contributed by atoms with van der Waals surface area (Å²) in [6, 6.07) is 18.6. The van der Waals surface area contributed by atoms with Crippen LogP contribution in [0.2, 0.25) is 0 Å². The molecule has 1 N–H and O–H groups in total. The fourth-order valence-electron chi connectivity index (χ4n) is 3.30. The molecule has 0 unspecified atom stereocenters. The topological polar surface area (TPSA) is 46.9 Å². The highest BCUT2D eigenvalue weighted by molar-refractivity contribution is 5.82. The number of imidazole rings is 1. The molecule has 0 aliphatic heterocycles. The van der Waals surface area contributed by atoms with Gasteiger partial charge in [-0.15, -0.1) is 0 Å². The Morgan fingerprint density at radius 3 is 2.76 bits per heavy atom. The minimum Gasteiger partial charge on any atom is -0.352 e. The predicted molar refractivity (Wildman–Crippen MR) is 96.9 cm³/mol. The van der Waals surface area contributed by atoms with E-state index in [4.69, 9.17) is 0 Å². The summed E-state index contributed by atoms with van der Waals surface area (Å²) >= 11 is 0. The Kier molecular flexibility index (Phi) is 4.34. The van der Waals surface area contributed by atoms with E-state index >= 15 is 0 Å². The second kappa shape index (κ2) is 6.93. The molecule has 0 radical (unpaired) electrons. The summed E-state index contributed by atoms with van der Waals surface area (Å²) in [5, 5.41) is 3.09. The lowest BCUT2D eigenvalue weighted by Crippen LogP contribution is -2.24. The van der Waals surface area contributed by atoms with E-state index in [1.807, 2.05) is 41.4 Å². The normalized spacial score (nSPS) is 18.7. The van der Waals surface area contributed by atoms with Gasteiger partial charge in [0, 0.05) is 31.4 Å². The molecule has 2 atom stereocenters. The minimum atomic E-state index is 0.122. The van der Waals surface area contributed by atoms with Crippen molar-refractivity contribution in [3.8, 4) is 0 Å². The van der Waals surface area contributed by atoms with Crippen LogP contribution in [0.25, 0.3) is 0 Å². The van der Waals surface area contributed by atoms with Crippen molar-refractivity contribution in [1.82, 2.24) is 14.9 Å². The van der Waals surface area contributed by atoms with E-state index in [1.54, 1.807) is 6.20 Å². The Bertz CT molecular complexity index is 843. The molecular formula is C21H21N3O. The van der Waals surface area contributed by atoms with Crippen molar-refractivity contribution in [3.63, 3.8) is 0 Å². The molecule has 1 aromatic heterocycles. The lowest BCUT2D eigenvalue weighted by molar-refractivity contribution is -0.122. The number of benzene rings is 2. The Morgan fingerprint density at radius 1 is 1.12 bits per heavy atom. The van der Waals surface area contributed by atoms with Gasteiger partial charge in [-0.25, -0.2) is 4.98 Å². The van der Waals surface area contributed by atoms with Crippen molar-refractivity contribution < 1.29 is 4.79 Å². The van der Waals surface area contributed by atoms with E-state index < -0.39 is 0 Å². The first-order chi connectivity index (χ1) is 12.3.